The van der Waals surface area contributed by atoms with Gasteiger partial charge in [0, 0.05) is 16.1 Å². The molecule has 0 saturated carbocycles. The molecule has 0 aromatic heterocycles. The van der Waals surface area contributed by atoms with Gasteiger partial charge in [0.1, 0.15) is 11.7 Å². The van der Waals surface area contributed by atoms with E-state index < -0.39 is 23.7 Å². The van der Waals surface area contributed by atoms with Crippen molar-refractivity contribution >= 4 is 67.1 Å². The van der Waals surface area contributed by atoms with Gasteiger partial charge in [-0.1, -0.05) is 33.8 Å². The van der Waals surface area contributed by atoms with Crippen LogP contribution < -0.4 is 15.4 Å². The largest absolute Gasteiger partial charge is 0.496 e. The number of benzene rings is 2. The minimum absolute atomic E-state index is 0.0573. The van der Waals surface area contributed by atoms with Gasteiger partial charge in [0.05, 0.1) is 41.1 Å². The van der Waals surface area contributed by atoms with Crippen LogP contribution in [-0.2, 0) is 19.1 Å². The molecule has 182 valence electrons. The van der Waals surface area contributed by atoms with Crippen molar-refractivity contribution in [2.45, 2.75) is 12.8 Å². The van der Waals surface area contributed by atoms with Gasteiger partial charge in [-0.3, -0.25) is 14.4 Å². The van der Waals surface area contributed by atoms with Crippen molar-refractivity contribution in [3.05, 3.63) is 67.1 Å². The molecule has 0 spiro atoms. The third-order valence-electron chi connectivity index (χ3n) is 5.33. The van der Waals surface area contributed by atoms with Gasteiger partial charge in [-0.15, -0.1) is 0 Å². The first-order chi connectivity index (χ1) is 16.7. The summed E-state index contributed by atoms with van der Waals surface area (Å²) in [6.07, 6.45) is 0. The number of esters is 1. The maximum Gasteiger partial charge on any atom is 0.319 e. The third-order valence-corrected chi connectivity index (χ3v) is 7.46. The van der Waals surface area contributed by atoms with E-state index in [0.29, 0.717) is 21.5 Å². The van der Waals surface area contributed by atoms with Gasteiger partial charge < -0.3 is 20.1 Å². The predicted octanol–water partition coefficient (Wildman–Crippen LogP) is 4.64. The standard InChI is InChI=1S/C24H21Br2N3O5S/c1-12-8-14(25)5-6-17(12)28-19(30)11-35-23-15(10-27)20(21(22(31)29-23)24(32)34-3)13-4-7-18(33-2)16(26)9-13/h4-9,20-21H,11H2,1-3H3,(H,28,30)(H,29,31)/t20-,21+/m0/s1. The van der Waals surface area contributed by atoms with Crippen molar-refractivity contribution in [3.63, 3.8) is 0 Å². The van der Waals surface area contributed by atoms with Gasteiger partial charge in [-0.2, -0.15) is 5.26 Å². The highest BCUT2D eigenvalue weighted by Crippen LogP contribution is 2.42. The lowest BCUT2D eigenvalue weighted by atomic mass is 9.78. The molecule has 2 aromatic rings. The van der Waals surface area contributed by atoms with Crippen LogP contribution in [0.15, 0.2) is 55.9 Å². The molecular formula is C24H21Br2N3O5S. The molecule has 1 aliphatic rings. The van der Waals surface area contributed by atoms with Crippen LogP contribution in [0.3, 0.4) is 0 Å². The van der Waals surface area contributed by atoms with Crippen molar-refractivity contribution in [2.75, 3.05) is 25.3 Å². The molecule has 1 aliphatic heterocycles. The van der Waals surface area contributed by atoms with Gasteiger partial charge in [0.25, 0.3) is 0 Å². The number of carbonyl (C=O) groups is 3. The number of rotatable bonds is 7. The van der Waals surface area contributed by atoms with E-state index in [4.69, 9.17) is 9.47 Å². The van der Waals surface area contributed by atoms with Crippen LogP contribution in [0.4, 0.5) is 5.69 Å². The molecule has 2 atom stereocenters. The maximum absolute atomic E-state index is 13.0. The zero-order valence-corrected chi connectivity index (χ0v) is 23.0. The Morgan fingerprint density at radius 3 is 2.54 bits per heavy atom. The summed E-state index contributed by atoms with van der Waals surface area (Å²) >= 11 is 7.81. The summed E-state index contributed by atoms with van der Waals surface area (Å²) in [6, 6.07) is 12.7. The molecule has 0 fully saturated rings. The second kappa shape index (κ2) is 11.7. The number of allylic oxidation sites excluding steroid dienone is 1. The van der Waals surface area contributed by atoms with Crippen LogP contribution in [0.2, 0.25) is 0 Å². The number of halogens is 2. The molecule has 0 saturated heterocycles. The fraction of sp³-hybridized carbons (Fsp3) is 0.250. The first kappa shape index (κ1) is 26.8. The molecule has 1 heterocycles. The number of nitrogens with one attached hydrogen (secondary N) is 2. The number of carbonyl (C=O) groups excluding carboxylic acids is 3. The zero-order valence-electron chi connectivity index (χ0n) is 19.0. The lowest BCUT2D eigenvalue weighted by Gasteiger charge is -2.31. The van der Waals surface area contributed by atoms with Gasteiger partial charge in [0.15, 0.2) is 0 Å². The Balaban J connectivity index is 1.92. The van der Waals surface area contributed by atoms with Crippen molar-refractivity contribution < 1.29 is 23.9 Å². The van der Waals surface area contributed by atoms with Crippen LogP contribution in [0, 0.1) is 24.2 Å². The molecule has 11 heteroatoms. The molecule has 0 aliphatic carbocycles. The molecule has 35 heavy (non-hydrogen) atoms. The van der Waals surface area contributed by atoms with E-state index in [1.165, 1.54) is 14.2 Å². The summed E-state index contributed by atoms with van der Waals surface area (Å²) < 4.78 is 11.6. The summed E-state index contributed by atoms with van der Waals surface area (Å²) in [5.41, 5.74) is 2.25. The quantitative estimate of drug-likeness (QED) is 0.341. The number of hydrogen-bond acceptors (Lipinski definition) is 7. The molecule has 2 N–H and O–H groups in total. The Kier molecular flexibility index (Phi) is 8.99. The van der Waals surface area contributed by atoms with E-state index >= 15 is 0 Å². The Labute approximate surface area is 223 Å². The average Bonchev–Trinajstić information content (AvgIpc) is 2.83. The molecule has 8 nitrogen and oxygen atoms in total. The Bertz CT molecular complexity index is 1260. The lowest BCUT2D eigenvalue weighted by Crippen LogP contribution is -2.44. The van der Waals surface area contributed by atoms with Crippen LogP contribution in [-0.4, -0.2) is 37.8 Å². The van der Waals surface area contributed by atoms with Gasteiger partial charge >= 0.3 is 5.97 Å². The fourth-order valence-electron chi connectivity index (χ4n) is 3.65. The molecule has 3 rings (SSSR count). The molecule has 0 unspecified atom stereocenters. The monoisotopic (exact) mass is 621 g/mol. The maximum atomic E-state index is 13.0. The number of thioether (sulfide) groups is 1. The van der Waals surface area contributed by atoms with Gasteiger partial charge in [0.2, 0.25) is 11.8 Å². The number of aryl methyl sites for hydroxylation is 1. The Morgan fingerprint density at radius 2 is 1.94 bits per heavy atom. The fourth-order valence-corrected chi connectivity index (χ4v) is 5.53. The van der Waals surface area contributed by atoms with Gasteiger partial charge in [-0.05, 0) is 64.3 Å². The highest BCUT2D eigenvalue weighted by molar-refractivity contribution is 9.10. The second-order valence-electron chi connectivity index (χ2n) is 7.51. The van der Waals surface area contributed by atoms with E-state index in [-0.39, 0.29) is 22.3 Å². The first-order valence-corrected chi connectivity index (χ1v) is 12.8. The molecule has 2 amide bonds. The second-order valence-corrected chi connectivity index (χ2v) is 10.3. The summed E-state index contributed by atoms with van der Waals surface area (Å²) in [4.78, 5) is 38.1. The van der Waals surface area contributed by atoms with E-state index in [9.17, 15) is 19.6 Å². The van der Waals surface area contributed by atoms with E-state index in [2.05, 4.69) is 48.6 Å². The smallest absolute Gasteiger partial charge is 0.319 e. The molecular weight excluding hydrogens is 602 g/mol. The summed E-state index contributed by atoms with van der Waals surface area (Å²) in [5, 5.41) is 15.7. The number of nitrogens with zero attached hydrogens (tertiary/aromatic N) is 1. The van der Waals surface area contributed by atoms with Crippen molar-refractivity contribution in [1.82, 2.24) is 5.32 Å². The minimum Gasteiger partial charge on any atom is -0.496 e. The van der Waals surface area contributed by atoms with Crippen molar-refractivity contribution in [3.8, 4) is 11.8 Å². The number of ether oxygens (including phenoxy) is 2. The zero-order chi connectivity index (χ0) is 25.7. The van der Waals surface area contributed by atoms with Crippen LogP contribution >= 0.6 is 43.6 Å². The summed E-state index contributed by atoms with van der Waals surface area (Å²) in [6.45, 7) is 1.87. The van der Waals surface area contributed by atoms with E-state index in [1.807, 2.05) is 19.1 Å². The van der Waals surface area contributed by atoms with E-state index in [0.717, 1.165) is 21.8 Å². The number of methoxy groups -OCH3 is 2. The summed E-state index contributed by atoms with van der Waals surface area (Å²) in [5.74, 6) is -3.35. The lowest BCUT2D eigenvalue weighted by molar-refractivity contribution is -0.150. The topological polar surface area (TPSA) is 118 Å². The predicted molar refractivity (Wildman–Crippen MR) is 140 cm³/mol. The van der Waals surface area contributed by atoms with Crippen molar-refractivity contribution in [2.24, 2.45) is 5.92 Å². The number of amides is 2. The van der Waals surface area contributed by atoms with Crippen LogP contribution in [0.25, 0.3) is 0 Å². The number of hydrogen-bond donors (Lipinski definition) is 2. The molecule has 0 bridgehead atoms. The average molecular weight is 623 g/mol. The van der Waals surface area contributed by atoms with Crippen LogP contribution in [0.1, 0.15) is 17.0 Å². The highest BCUT2D eigenvalue weighted by Gasteiger charge is 2.44. The van der Waals surface area contributed by atoms with Crippen molar-refractivity contribution in [1.29, 1.82) is 5.26 Å². The number of anilines is 1. The highest BCUT2D eigenvalue weighted by atomic mass is 79.9. The normalized spacial score (nSPS) is 17.3. The molecule has 2 aromatic carbocycles. The molecule has 0 radical (unpaired) electrons. The van der Waals surface area contributed by atoms with E-state index in [1.54, 1.807) is 24.3 Å². The third kappa shape index (κ3) is 6.07. The SMILES string of the molecule is COC(=O)[C@H]1C(=O)NC(SCC(=O)Nc2ccc(Br)cc2C)=C(C#N)[C@@H]1c1ccc(OC)c(Br)c1. The van der Waals surface area contributed by atoms with Gasteiger partial charge in [-0.25, -0.2) is 0 Å². The minimum atomic E-state index is -1.27. The Morgan fingerprint density at radius 1 is 1.20 bits per heavy atom. The number of nitriles is 1. The van der Waals surface area contributed by atoms with Crippen LogP contribution in [0.5, 0.6) is 5.75 Å². The Hall–Kier alpha value is -2.81. The first-order valence-electron chi connectivity index (χ1n) is 10.2. The summed E-state index contributed by atoms with van der Waals surface area (Å²) in [7, 11) is 2.70.